The Morgan fingerprint density at radius 3 is 2.82 bits per heavy atom. The van der Waals surface area contributed by atoms with E-state index in [1.807, 2.05) is 24.3 Å². The Morgan fingerprint density at radius 2 is 2.18 bits per heavy atom. The lowest BCUT2D eigenvalue weighted by Gasteiger charge is -2.11. The molecule has 1 aromatic carbocycles. The Balaban J connectivity index is 1.87. The van der Waals surface area contributed by atoms with Crippen molar-refractivity contribution in [2.75, 3.05) is 14.2 Å². The Bertz CT molecular complexity index is 653. The molecule has 0 unspecified atom stereocenters. The van der Waals surface area contributed by atoms with Gasteiger partial charge in [0.1, 0.15) is 11.4 Å². The summed E-state index contributed by atoms with van der Waals surface area (Å²) < 4.78 is 10.5. The second-order valence-electron chi connectivity index (χ2n) is 5.40. The highest BCUT2D eigenvalue weighted by Crippen LogP contribution is 2.31. The first-order valence-corrected chi connectivity index (χ1v) is 7.57. The zero-order valence-electron chi connectivity index (χ0n) is 12.6. The monoisotopic (exact) mass is 318 g/mol. The van der Waals surface area contributed by atoms with Crippen molar-refractivity contribution in [3.05, 3.63) is 35.0 Å². The molecule has 116 valence electrons. The van der Waals surface area contributed by atoms with Gasteiger partial charge in [-0.1, -0.05) is 6.07 Å². The molecule has 1 aromatic rings. The Morgan fingerprint density at radius 1 is 1.41 bits per heavy atom. The molecule has 1 N–H and O–H groups in total. The smallest absolute Gasteiger partial charge is 0.276 e. The van der Waals surface area contributed by atoms with Gasteiger partial charge in [0.05, 0.1) is 13.7 Å². The number of carbonyl (C=O) groups excluding carboxylic acids is 1. The zero-order valence-corrected chi connectivity index (χ0v) is 13.4. The number of ether oxygens (including phenoxy) is 2. The fourth-order valence-electron chi connectivity index (χ4n) is 2.54. The number of nitrogens with one attached hydrogen (secondary N) is 1. The van der Waals surface area contributed by atoms with Crippen molar-refractivity contribution < 1.29 is 14.3 Å². The molecule has 1 saturated carbocycles. The maximum absolute atomic E-state index is 12.4. The predicted octanol–water partition coefficient (Wildman–Crippen LogP) is 2.06. The average molecular weight is 318 g/mol. The Kier molecular flexibility index (Phi) is 4.13. The maximum Gasteiger partial charge on any atom is 0.276 e. The molecule has 1 aliphatic carbocycles. The second-order valence-corrected chi connectivity index (χ2v) is 5.79. The molecule has 0 spiro atoms. The van der Waals surface area contributed by atoms with Crippen molar-refractivity contribution in [2.45, 2.75) is 25.5 Å². The van der Waals surface area contributed by atoms with E-state index in [-0.39, 0.29) is 11.9 Å². The summed E-state index contributed by atoms with van der Waals surface area (Å²) in [6.45, 7) is 0.453. The van der Waals surface area contributed by atoms with E-state index in [4.69, 9.17) is 21.7 Å². The summed E-state index contributed by atoms with van der Waals surface area (Å²) in [5.74, 6) is 0.724. The van der Waals surface area contributed by atoms with Crippen molar-refractivity contribution >= 4 is 29.3 Å². The third kappa shape index (κ3) is 2.84. The molecule has 1 amide bonds. The van der Waals surface area contributed by atoms with Gasteiger partial charge in [0.15, 0.2) is 5.11 Å². The fraction of sp³-hybridized carbons (Fsp3) is 0.375. The second kappa shape index (κ2) is 6.06. The summed E-state index contributed by atoms with van der Waals surface area (Å²) in [5, 5.41) is 3.51. The molecule has 0 radical (unpaired) electrons. The van der Waals surface area contributed by atoms with E-state index in [1.54, 1.807) is 19.1 Å². The maximum atomic E-state index is 12.4. The molecule has 0 bridgehead atoms. The van der Waals surface area contributed by atoms with E-state index >= 15 is 0 Å². The number of benzene rings is 1. The van der Waals surface area contributed by atoms with Crippen LogP contribution in [0.1, 0.15) is 24.0 Å². The number of carbonyl (C=O) groups is 1. The third-order valence-corrected chi connectivity index (χ3v) is 4.04. The average Bonchev–Trinajstić information content (AvgIpc) is 3.28. The Hall–Kier alpha value is -1.92. The first-order valence-electron chi connectivity index (χ1n) is 7.16. The van der Waals surface area contributed by atoms with Crippen LogP contribution >= 0.6 is 12.2 Å². The van der Waals surface area contributed by atoms with Crippen LogP contribution in [0, 0.1) is 0 Å². The van der Waals surface area contributed by atoms with E-state index < -0.39 is 0 Å². The van der Waals surface area contributed by atoms with Gasteiger partial charge in [-0.3, -0.25) is 9.69 Å². The van der Waals surface area contributed by atoms with Crippen molar-refractivity contribution in [1.29, 1.82) is 0 Å². The third-order valence-electron chi connectivity index (χ3n) is 3.74. The normalized spacial score (nSPS) is 19.7. The van der Waals surface area contributed by atoms with Gasteiger partial charge in [-0.2, -0.15) is 0 Å². The number of amides is 1. The zero-order chi connectivity index (χ0) is 15.7. The van der Waals surface area contributed by atoms with E-state index in [0.29, 0.717) is 17.4 Å². The van der Waals surface area contributed by atoms with Crippen molar-refractivity contribution in [3.8, 4) is 5.75 Å². The van der Waals surface area contributed by atoms with Crippen LogP contribution < -0.4 is 10.1 Å². The highest BCUT2D eigenvalue weighted by atomic mass is 32.1. The van der Waals surface area contributed by atoms with Crippen molar-refractivity contribution in [3.63, 3.8) is 0 Å². The molecule has 1 aliphatic heterocycles. The van der Waals surface area contributed by atoms with Crippen LogP contribution in [-0.2, 0) is 16.1 Å². The van der Waals surface area contributed by atoms with Crippen LogP contribution in [-0.4, -0.2) is 36.2 Å². The van der Waals surface area contributed by atoms with Crippen molar-refractivity contribution in [2.24, 2.45) is 0 Å². The number of hydrogen-bond acceptors (Lipinski definition) is 4. The van der Waals surface area contributed by atoms with E-state index in [0.717, 1.165) is 29.7 Å². The summed E-state index contributed by atoms with van der Waals surface area (Å²) in [4.78, 5) is 14.1. The van der Waals surface area contributed by atoms with Crippen LogP contribution in [0.25, 0.3) is 6.08 Å². The molecule has 6 heteroatoms. The molecule has 0 atom stereocenters. The summed E-state index contributed by atoms with van der Waals surface area (Å²) >= 11 is 5.25. The van der Waals surface area contributed by atoms with Crippen LogP contribution in [0.3, 0.4) is 0 Å². The first kappa shape index (κ1) is 15.0. The number of thiocarbonyl (C=S) groups is 1. The predicted molar refractivity (Wildman–Crippen MR) is 87.3 cm³/mol. The largest absolute Gasteiger partial charge is 0.496 e. The molecule has 5 nitrogen and oxygen atoms in total. The van der Waals surface area contributed by atoms with E-state index in [2.05, 4.69) is 5.32 Å². The van der Waals surface area contributed by atoms with Crippen LogP contribution in [0.2, 0.25) is 0 Å². The highest BCUT2D eigenvalue weighted by Gasteiger charge is 2.41. The quantitative estimate of drug-likeness (QED) is 0.665. The Labute approximate surface area is 134 Å². The van der Waals surface area contributed by atoms with Gasteiger partial charge in [-0.15, -0.1) is 0 Å². The van der Waals surface area contributed by atoms with E-state index in [1.165, 1.54) is 0 Å². The number of methoxy groups -OCH3 is 2. The molecule has 1 saturated heterocycles. The minimum Gasteiger partial charge on any atom is -0.496 e. The fourth-order valence-corrected chi connectivity index (χ4v) is 2.88. The number of rotatable bonds is 5. The van der Waals surface area contributed by atoms with Crippen LogP contribution in [0.4, 0.5) is 0 Å². The molecular formula is C16H18N2O3S. The molecular weight excluding hydrogens is 300 g/mol. The van der Waals surface area contributed by atoms with Gasteiger partial charge in [0, 0.05) is 18.7 Å². The van der Waals surface area contributed by atoms with Gasteiger partial charge >= 0.3 is 0 Å². The van der Waals surface area contributed by atoms with E-state index in [9.17, 15) is 4.79 Å². The van der Waals surface area contributed by atoms with Crippen LogP contribution in [0.15, 0.2) is 23.9 Å². The lowest BCUT2D eigenvalue weighted by Crippen LogP contribution is -2.32. The summed E-state index contributed by atoms with van der Waals surface area (Å²) in [7, 11) is 3.26. The number of hydrogen-bond donors (Lipinski definition) is 1. The molecule has 0 aromatic heterocycles. The van der Waals surface area contributed by atoms with Gasteiger partial charge in [-0.25, -0.2) is 0 Å². The number of nitrogens with zero attached hydrogens (tertiary/aromatic N) is 1. The summed E-state index contributed by atoms with van der Waals surface area (Å²) in [6, 6.07) is 6.01. The SMILES string of the molecule is COCc1cc(C=C2NC(=S)N(C3CC3)C2=O)ccc1OC. The minimum absolute atomic E-state index is 0.0448. The van der Waals surface area contributed by atoms with Gasteiger partial charge in [0.25, 0.3) is 5.91 Å². The van der Waals surface area contributed by atoms with Crippen molar-refractivity contribution in [1.82, 2.24) is 10.2 Å². The minimum atomic E-state index is -0.0448. The molecule has 1 heterocycles. The van der Waals surface area contributed by atoms with Gasteiger partial charge in [0.2, 0.25) is 0 Å². The highest BCUT2D eigenvalue weighted by molar-refractivity contribution is 7.80. The lowest BCUT2D eigenvalue weighted by atomic mass is 10.1. The topological polar surface area (TPSA) is 50.8 Å². The molecule has 3 rings (SSSR count). The summed E-state index contributed by atoms with van der Waals surface area (Å²) in [5.41, 5.74) is 2.36. The molecule has 22 heavy (non-hydrogen) atoms. The summed E-state index contributed by atoms with van der Waals surface area (Å²) in [6.07, 6.45) is 3.87. The first-order chi connectivity index (χ1) is 10.6. The standard InChI is InChI=1S/C16H18N2O3S/c1-20-9-11-7-10(3-6-14(11)21-2)8-13-15(19)18(12-4-5-12)16(22)17-13/h3,6-8,12H,4-5,9H2,1-2H3,(H,17,22). The van der Waals surface area contributed by atoms with Gasteiger partial charge < -0.3 is 14.8 Å². The van der Waals surface area contributed by atoms with Crippen LogP contribution in [0.5, 0.6) is 5.75 Å². The lowest BCUT2D eigenvalue weighted by molar-refractivity contribution is -0.122. The molecule has 2 aliphatic rings. The van der Waals surface area contributed by atoms with Gasteiger partial charge in [-0.05, 0) is 48.8 Å². The molecule has 2 fully saturated rings.